The maximum atomic E-state index is 11.9. The van der Waals surface area contributed by atoms with Crippen LogP contribution in [0.3, 0.4) is 0 Å². The normalized spacial score (nSPS) is 11.8. The van der Waals surface area contributed by atoms with E-state index in [9.17, 15) is 9.59 Å². The molecule has 4 N–H and O–H groups in total. The monoisotopic (exact) mass is 275 g/mol. The number of hydrogen-bond acceptors (Lipinski definition) is 5. The summed E-state index contributed by atoms with van der Waals surface area (Å²) < 4.78 is 5.19. The number of amides is 1. The molecule has 0 aliphatic heterocycles. The van der Waals surface area contributed by atoms with Crippen molar-refractivity contribution in [2.75, 3.05) is 6.54 Å². The molecule has 1 amide bonds. The molecule has 0 saturated heterocycles. The lowest BCUT2D eigenvalue weighted by atomic mass is 10.2. The fraction of sp³-hybridized carbons (Fsp3) is 0.154. The molecule has 104 valence electrons. The lowest BCUT2D eigenvalue weighted by Crippen LogP contribution is -2.45. The maximum Gasteiger partial charge on any atom is 0.327 e. The lowest BCUT2D eigenvalue weighted by Gasteiger charge is -2.11. The number of carboxylic acids is 1. The van der Waals surface area contributed by atoms with Crippen molar-refractivity contribution >= 4 is 11.9 Å². The van der Waals surface area contributed by atoms with Gasteiger partial charge < -0.3 is 20.6 Å². The molecule has 0 spiro atoms. The third kappa shape index (κ3) is 3.01. The number of carbonyl (C=O) groups is 2. The van der Waals surface area contributed by atoms with Crippen molar-refractivity contribution in [2.24, 2.45) is 5.73 Å². The second-order valence-corrected chi connectivity index (χ2v) is 3.99. The van der Waals surface area contributed by atoms with E-state index < -0.39 is 17.9 Å². The fourth-order valence-corrected chi connectivity index (χ4v) is 1.58. The molecule has 0 fully saturated rings. The van der Waals surface area contributed by atoms with Gasteiger partial charge in [-0.05, 0) is 24.3 Å². The van der Waals surface area contributed by atoms with Crippen LogP contribution in [-0.4, -0.2) is 34.6 Å². The van der Waals surface area contributed by atoms with Crippen LogP contribution in [0.5, 0.6) is 0 Å². The largest absolute Gasteiger partial charge is 0.480 e. The summed E-state index contributed by atoms with van der Waals surface area (Å²) in [5.41, 5.74) is 5.86. The van der Waals surface area contributed by atoms with Gasteiger partial charge in [0, 0.05) is 6.54 Å². The molecule has 7 heteroatoms. The summed E-state index contributed by atoms with van der Waals surface area (Å²) in [6.07, 6.45) is 1.50. The van der Waals surface area contributed by atoms with Gasteiger partial charge in [-0.1, -0.05) is 6.07 Å². The number of aliphatic carboxylic acids is 1. The number of nitrogens with zero attached hydrogens (tertiary/aromatic N) is 1. The van der Waals surface area contributed by atoms with Crippen LogP contribution in [0, 0.1) is 0 Å². The first-order chi connectivity index (χ1) is 9.61. The van der Waals surface area contributed by atoms with E-state index in [0.717, 1.165) is 0 Å². The Morgan fingerprint density at radius 2 is 2.15 bits per heavy atom. The zero-order valence-corrected chi connectivity index (χ0v) is 10.4. The van der Waals surface area contributed by atoms with Crippen molar-refractivity contribution in [2.45, 2.75) is 6.04 Å². The zero-order chi connectivity index (χ0) is 14.5. The van der Waals surface area contributed by atoms with Crippen LogP contribution in [0.15, 0.2) is 41.0 Å². The van der Waals surface area contributed by atoms with Gasteiger partial charge in [0.05, 0.1) is 6.26 Å². The molecule has 0 aromatic carbocycles. The van der Waals surface area contributed by atoms with Gasteiger partial charge in [0.1, 0.15) is 17.4 Å². The van der Waals surface area contributed by atoms with Crippen LogP contribution in [0.4, 0.5) is 0 Å². The Morgan fingerprint density at radius 3 is 2.75 bits per heavy atom. The highest BCUT2D eigenvalue weighted by Crippen LogP contribution is 2.17. The highest BCUT2D eigenvalue weighted by molar-refractivity contribution is 5.95. The molecular formula is C13H13N3O4. The van der Waals surface area contributed by atoms with Crippen LogP contribution in [0.1, 0.15) is 10.5 Å². The summed E-state index contributed by atoms with van der Waals surface area (Å²) in [6, 6.07) is 7.09. The van der Waals surface area contributed by atoms with Crippen LogP contribution in [0.25, 0.3) is 11.5 Å². The van der Waals surface area contributed by atoms with Crippen molar-refractivity contribution in [3.05, 3.63) is 42.3 Å². The Balaban J connectivity index is 2.19. The van der Waals surface area contributed by atoms with Gasteiger partial charge in [0.25, 0.3) is 5.91 Å². The quantitative estimate of drug-likeness (QED) is 0.730. The maximum absolute atomic E-state index is 11.9. The van der Waals surface area contributed by atoms with E-state index in [0.29, 0.717) is 11.5 Å². The molecule has 7 nitrogen and oxygen atoms in total. The molecule has 0 unspecified atom stereocenters. The lowest BCUT2D eigenvalue weighted by molar-refractivity contribution is -0.138. The average molecular weight is 275 g/mol. The summed E-state index contributed by atoms with van der Waals surface area (Å²) in [5.74, 6) is -1.27. The molecule has 2 aromatic rings. The molecule has 2 heterocycles. The first-order valence-electron chi connectivity index (χ1n) is 5.86. The number of furan rings is 1. The topological polar surface area (TPSA) is 118 Å². The molecule has 0 aliphatic carbocycles. The van der Waals surface area contributed by atoms with Gasteiger partial charge in [-0.25, -0.2) is 9.78 Å². The van der Waals surface area contributed by atoms with E-state index in [2.05, 4.69) is 10.3 Å². The molecule has 2 aromatic heterocycles. The van der Waals surface area contributed by atoms with Crippen LogP contribution in [-0.2, 0) is 4.79 Å². The van der Waals surface area contributed by atoms with Crippen LogP contribution in [0.2, 0.25) is 0 Å². The highest BCUT2D eigenvalue weighted by atomic mass is 16.4. The number of pyridine rings is 1. The van der Waals surface area contributed by atoms with Crippen molar-refractivity contribution < 1.29 is 19.1 Å². The molecule has 2 rings (SSSR count). The minimum Gasteiger partial charge on any atom is -0.480 e. The second-order valence-electron chi connectivity index (χ2n) is 3.99. The highest BCUT2D eigenvalue weighted by Gasteiger charge is 2.19. The van der Waals surface area contributed by atoms with Gasteiger partial charge in [0.15, 0.2) is 5.76 Å². The van der Waals surface area contributed by atoms with Crippen LogP contribution >= 0.6 is 0 Å². The van der Waals surface area contributed by atoms with E-state index in [1.54, 1.807) is 24.3 Å². The Kier molecular flexibility index (Phi) is 4.11. The molecule has 0 radical (unpaired) electrons. The summed E-state index contributed by atoms with van der Waals surface area (Å²) in [6.45, 7) is -0.195. The number of nitrogens with two attached hydrogens (primary N) is 1. The minimum absolute atomic E-state index is 0.0959. The summed E-state index contributed by atoms with van der Waals surface area (Å²) in [5, 5.41) is 11.1. The van der Waals surface area contributed by atoms with Crippen molar-refractivity contribution in [3.8, 4) is 11.5 Å². The zero-order valence-electron chi connectivity index (χ0n) is 10.4. The predicted molar refractivity (Wildman–Crippen MR) is 69.9 cm³/mol. The number of carboxylic acid groups (broad SMARTS) is 1. The third-order valence-electron chi connectivity index (χ3n) is 2.59. The van der Waals surface area contributed by atoms with Gasteiger partial charge in [-0.15, -0.1) is 0 Å². The molecular weight excluding hydrogens is 262 g/mol. The van der Waals surface area contributed by atoms with Gasteiger partial charge in [0.2, 0.25) is 0 Å². The first-order valence-corrected chi connectivity index (χ1v) is 5.86. The third-order valence-corrected chi connectivity index (χ3v) is 2.59. The standard InChI is InChI=1S/C13H13N3O4/c14-7-10(13(18)19)16-12(17)9-4-1-3-8(15-9)11-5-2-6-20-11/h1-6,10H,7,14H2,(H,16,17)(H,18,19)/t10-/m0/s1. The number of hydrogen-bond donors (Lipinski definition) is 3. The Hall–Kier alpha value is -2.67. The number of nitrogens with one attached hydrogen (secondary N) is 1. The molecule has 20 heavy (non-hydrogen) atoms. The van der Waals surface area contributed by atoms with Crippen molar-refractivity contribution in [1.29, 1.82) is 0 Å². The van der Waals surface area contributed by atoms with E-state index >= 15 is 0 Å². The minimum atomic E-state index is -1.19. The summed E-state index contributed by atoms with van der Waals surface area (Å²) >= 11 is 0. The number of rotatable bonds is 5. The smallest absolute Gasteiger partial charge is 0.327 e. The molecule has 0 bridgehead atoms. The van der Waals surface area contributed by atoms with Crippen LogP contribution < -0.4 is 11.1 Å². The van der Waals surface area contributed by atoms with Crippen molar-refractivity contribution in [1.82, 2.24) is 10.3 Å². The second kappa shape index (κ2) is 5.98. The number of aromatic nitrogens is 1. The van der Waals surface area contributed by atoms with Gasteiger partial charge in [-0.2, -0.15) is 0 Å². The van der Waals surface area contributed by atoms with E-state index in [1.165, 1.54) is 12.3 Å². The van der Waals surface area contributed by atoms with E-state index in [1.807, 2.05) is 0 Å². The Morgan fingerprint density at radius 1 is 1.35 bits per heavy atom. The Bertz CT molecular complexity index is 610. The average Bonchev–Trinajstić information content (AvgIpc) is 2.98. The van der Waals surface area contributed by atoms with E-state index in [4.69, 9.17) is 15.3 Å². The molecule has 1 atom stereocenters. The number of carbonyl (C=O) groups excluding carboxylic acids is 1. The first kappa shape index (κ1) is 13.8. The molecule has 0 aliphatic rings. The fourth-order valence-electron chi connectivity index (χ4n) is 1.58. The SMILES string of the molecule is NC[C@H](NC(=O)c1cccc(-c2ccco2)n1)C(=O)O. The van der Waals surface area contributed by atoms with Crippen molar-refractivity contribution in [3.63, 3.8) is 0 Å². The predicted octanol–water partition coefficient (Wildman–Crippen LogP) is 0.483. The summed E-state index contributed by atoms with van der Waals surface area (Å²) in [7, 11) is 0. The van der Waals surface area contributed by atoms with E-state index in [-0.39, 0.29) is 12.2 Å². The Labute approximate surface area is 114 Å². The van der Waals surface area contributed by atoms with Gasteiger partial charge >= 0.3 is 5.97 Å². The molecule has 0 saturated carbocycles. The summed E-state index contributed by atoms with van der Waals surface area (Å²) in [4.78, 5) is 26.9. The van der Waals surface area contributed by atoms with Gasteiger partial charge in [-0.3, -0.25) is 4.79 Å².